The van der Waals surface area contributed by atoms with Gasteiger partial charge in [0.1, 0.15) is 16.5 Å². The van der Waals surface area contributed by atoms with Crippen molar-refractivity contribution in [1.29, 1.82) is 0 Å². The number of nitrogens with zero attached hydrogens (tertiary/aromatic N) is 2. The SMILES string of the molecule is COc1ccc(-c2nc(C(=O)NC[C@H](c3ccsc3)N(C)C)cs2)cc1. The van der Waals surface area contributed by atoms with Crippen LogP contribution in [0.1, 0.15) is 22.1 Å². The smallest absolute Gasteiger partial charge is 0.270 e. The normalized spacial score (nSPS) is 12.2. The van der Waals surface area contributed by atoms with Crippen LogP contribution in [0.4, 0.5) is 0 Å². The van der Waals surface area contributed by atoms with Crippen LogP contribution in [0.3, 0.4) is 0 Å². The van der Waals surface area contributed by atoms with Gasteiger partial charge in [0.15, 0.2) is 0 Å². The van der Waals surface area contributed by atoms with Crippen LogP contribution in [0.5, 0.6) is 5.75 Å². The first-order chi connectivity index (χ1) is 12.6. The Kier molecular flexibility index (Phi) is 6.03. The average molecular weight is 388 g/mol. The van der Waals surface area contributed by atoms with Crippen molar-refractivity contribution in [3.05, 3.63) is 57.7 Å². The van der Waals surface area contributed by atoms with Gasteiger partial charge in [0.2, 0.25) is 0 Å². The molecule has 1 aromatic carbocycles. The van der Waals surface area contributed by atoms with E-state index < -0.39 is 0 Å². The number of rotatable bonds is 7. The summed E-state index contributed by atoms with van der Waals surface area (Å²) in [6, 6.07) is 9.89. The lowest BCUT2D eigenvalue weighted by Crippen LogP contribution is -2.34. The Morgan fingerprint density at radius 2 is 2.00 bits per heavy atom. The molecule has 26 heavy (non-hydrogen) atoms. The molecule has 0 radical (unpaired) electrons. The zero-order valence-corrected chi connectivity index (χ0v) is 16.6. The molecule has 0 spiro atoms. The third kappa shape index (κ3) is 4.30. The minimum atomic E-state index is -0.150. The third-order valence-electron chi connectivity index (χ3n) is 4.08. The first-order valence-electron chi connectivity index (χ1n) is 8.15. The summed E-state index contributed by atoms with van der Waals surface area (Å²) < 4.78 is 5.17. The van der Waals surface area contributed by atoms with Gasteiger partial charge in [-0.3, -0.25) is 4.79 Å². The number of carbonyl (C=O) groups is 1. The van der Waals surface area contributed by atoms with E-state index in [2.05, 4.69) is 32.0 Å². The molecule has 0 aliphatic carbocycles. The zero-order valence-electron chi connectivity index (χ0n) is 14.9. The summed E-state index contributed by atoms with van der Waals surface area (Å²) in [7, 11) is 5.66. The van der Waals surface area contributed by atoms with Crippen molar-refractivity contribution in [3.8, 4) is 16.3 Å². The maximum atomic E-state index is 12.5. The number of likely N-dealkylation sites (N-methyl/N-ethyl adjacent to an activating group) is 1. The van der Waals surface area contributed by atoms with Crippen LogP contribution in [-0.2, 0) is 0 Å². The lowest BCUT2D eigenvalue weighted by Gasteiger charge is -2.23. The number of aromatic nitrogens is 1. The van der Waals surface area contributed by atoms with E-state index in [1.807, 2.05) is 38.4 Å². The molecule has 0 bridgehead atoms. The number of ether oxygens (including phenoxy) is 1. The molecule has 1 atom stereocenters. The van der Waals surface area contributed by atoms with Gasteiger partial charge < -0.3 is 15.0 Å². The predicted octanol–water partition coefficient (Wildman–Crippen LogP) is 3.91. The van der Waals surface area contributed by atoms with Gasteiger partial charge in [-0.15, -0.1) is 11.3 Å². The second kappa shape index (κ2) is 8.44. The maximum absolute atomic E-state index is 12.5. The summed E-state index contributed by atoms with van der Waals surface area (Å²) in [5.74, 6) is 0.648. The highest BCUT2D eigenvalue weighted by atomic mass is 32.1. The van der Waals surface area contributed by atoms with E-state index in [1.165, 1.54) is 16.9 Å². The van der Waals surface area contributed by atoms with E-state index in [9.17, 15) is 4.79 Å². The molecule has 7 heteroatoms. The standard InChI is InChI=1S/C19H21N3O2S2/c1-22(2)17(14-8-9-25-11-14)10-20-18(23)16-12-26-19(21-16)13-4-6-15(24-3)7-5-13/h4-9,11-12,17H,10H2,1-3H3,(H,20,23)/t17-/m1/s1. The molecule has 0 aliphatic heterocycles. The molecule has 136 valence electrons. The van der Waals surface area contributed by atoms with Crippen molar-refractivity contribution in [2.24, 2.45) is 0 Å². The number of thiophene rings is 1. The van der Waals surface area contributed by atoms with Crippen LogP contribution in [0.25, 0.3) is 10.6 Å². The molecule has 0 saturated carbocycles. The van der Waals surface area contributed by atoms with Gasteiger partial charge in [-0.25, -0.2) is 4.98 Å². The largest absolute Gasteiger partial charge is 0.497 e. The van der Waals surface area contributed by atoms with Crippen molar-refractivity contribution in [1.82, 2.24) is 15.2 Å². The number of thiazole rings is 1. The Balaban J connectivity index is 1.66. The second-order valence-corrected chi connectivity index (χ2v) is 7.65. The molecule has 1 N–H and O–H groups in total. The number of nitrogens with one attached hydrogen (secondary N) is 1. The Morgan fingerprint density at radius 1 is 1.23 bits per heavy atom. The van der Waals surface area contributed by atoms with E-state index in [4.69, 9.17) is 4.74 Å². The molecule has 3 aromatic rings. The Bertz CT molecular complexity index is 842. The quantitative estimate of drug-likeness (QED) is 0.668. The van der Waals surface area contributed by atoms with E-state index in [1.54, 1.807) is 23.8 Å². The van der Waals surface area contributed by atoms with Crippen molar-refractivity contribution in [3.63, 3.8) is 0 Å². The summed E-state index contributed by atoms with van der Waals surface area (Å²) in [5.41, 5.74) is 2.63. The number of hydrogen-bond donors (Lipinski definition) is 1. The molecule has 5 nitrogen and oxygen atoms in total. The molecule has 1 amide bonds. The predicted molar refractivity (Wildman–Crippen MR) is 107 cm³/mol. The van der Waals surface area contributed by atoms with Gasteiger partial charge in [0.05, 0.1) is 13.2 Å². The molecule has 2 aromatic heterocycles. The molecule has 0 unspecified atom stereocenters. The van der Waals surface area contributed by atoms with Crippen molar-refractivity contribution in [2.45, 2.75) is 6.04 Å². The van der Waals surface area contributed by atoms with Crippen LogP contribution in [-0.4, -0.2) is 43.5 Å². The highest BCUT2D eigenvalue weighted by Crippen LogP contribution is 2.26. The van der Waals surface area contributed by atoms with Crippen LogP contribution in [0, 0.1) is 0 Å². The molecule has 0 fully saturated rings. The summed E-state index contributed by atoms with van der Waals surface area (Å²) in [6.07, 6.45) is 0. The molecular formula is C19H21N3O2S2. The first kappa shape index (κ1) is 18.6. The minimum Gasteiger partial charge on any atom is -0.497 e. The number of hydrogen-bond acceptors (Lipinski definition) is 6. The average Bonchev–Trinajstić information content (AvgIpc) is 3.34. The highest BCUT2D eigenvalue weighted by molar-refractivity contribution is 7.13. The van der Waals surface area contributed by atoms with E-state index in [0.29, 0.717) is 12.2 Å². The minimum absolute atomic E-state index is 0.143. The first-order valence-corrected chi connectivity index (χ1v) is 9.97. The molecule has 0 saturated heterocycles. The monoisotopic (exact) mass is 387 g/mol. The summed E-state index contributed by atoms with van der Waals surface area (Å²) in [5, 5.41) is 9.78. The summed E-state index contributed by atoms with van der Waals surface area (Å²) in [4.78, 5) is 19.1. The van der Waals surface area contributed by atoms with Gasteiger partial charge in [0, 0.05) is 17.5 Å². The number of amides is 1. The van der Waals surface area contributed by atoms with Crippen LogP contribution in [0.2, 0.25) is 0 Å². The molecule has 0 aliphatic rings. The number of benzene rings is 1. The fourth-order valence-electron chi connectivity index (χ4n) is 2.59. The van der Waals surface area contributed by atoms with Crippen LogP contribution >= 0.6 is 22.7 Å². The number of carbonyl (C=O) groups excluding carboxylic acids is 1. The fourth-order valence-corrected chi connectivity index (χ4v) is 4.10. The third-order valence-corrected chi connectivity index (χ3v) is 5.67. The number of methoxy groups -OCH3 is 1. The van der Waals surface area contributed by atoms with Gasteiger partial charge in [0.25, 0.3) is 5.91 Å². The van der Waals surface area contributed by atoms with Crippen molar-refractivity contribution < 1.29 is 9.53 Å². The van der Waals surface area contributed by atoms with E-state index >= 15 is 0 Å². The molecule has 2 heterocycles. The highest BCUT2D eigenvalue weighted by Gasteiger charge is 2.18. The van der Waals surface area contributed by atoms with E-state index in [-0.39, 0.29) is 11.9 Å². The second-order valence-electron chi connectivity index (χ2n) is 6.01. The van der Waals surface area contributed by atoms with Gasteiger partial charge in [-0.2, -0.15) is 11.3 Å². The van der Waals surface area contributed by atoms with Gasteiger partial charge >= 0.3 is 0 Å². The van der Waals surface area contributed by atoms with Crippen LogP contribution in [0.15, 0.2) is 46.5 Å². The Labute approximate surface area is 161 Å². The Morgan fingerprint density at radius 3 is 2.62 bits per heavy atom. The lowest BCUT2D eigenvalue weighted by atomic mass is 10.1. The Hall–Kier alpha value is -2.22. The fraction of sp³-hybridized carbons (Fsp3) is 0.263. The summed E-state index contributed by atoms with van der Waals surface area (Å²) >= 11 is 3.12. The molecule has 3 rings (SSSR count). The zero-order chi connectivity index (χ0) is 18.5. The lowest BCUT2D eigenvalue weighted by molar-refractivity contribution is 0.0937. The summed E-state index contributed by atoms with van der Waals surface area (Å²) in [6.45, 7) is 0.540. The van der Waals surface area contributed by atoms with Gasteiger partial charge in [-0.1, -0.05) is 0 Å². The topological polar surface area (TPSA) is 54.5 Å². The van der Waals surface area contributed by atoms with Crippen LogP contribution < -0.4 is 10.1 Å². The van der Waals surface area contributed by atoms with Crippen molar-refractivity contribution >= 4 is 28.6 Å². The van der Waals surface area contributed by atoms with Gasteiger partial charge in [-0.05, 0) is 60.8 Å². The maximum Gasteiger partial charge on any atom is 0.270 e. The van der Waals surface area contributed by atoms with E-state index in [0.717, 1.165) is 16.3 Å². The molecular weight excluding hydrogens is 366 g/mol. The van der Waals surface area contributed by atoms with Crippen molar-refractivity contribution in [2.75, 3.05) is 27.7 Å².